The van der Waals surface area contributed by atoms with Crippen LogP contribution in [0.25, 0.3) is 21.9 Å². The Balaban J connectivity index is 1.85. The molecule has 2 heteroatoms. The van der Waals surface area contributed by atoms with Gasteiger partial charge in [0.05, 0.1) is 12.8 Å². The minimum Gasteiger partial charge on any atom is -0.496 e. The van der Waals surface area contributed by atoms with E-state index in [1.54, 1.807) is 7.11 Å². The van der Waals surface area contributed by atoms with Crippen LogP contribution in [0.4, 0.5) is 0 Å². The molecular formula is C25H23NO. The topological polar surface area (TPSA) is 22.1 Å². The van der Waals surface area contributed by atoms with Crippen molar-refractivity contribution < 1.29 is 4.74 Å². The third-order valence-corrected chi connectivity index (χ3v) is 5.19. The summed E-state index contributed by atoms with van der Waals surface area (Å²) in [6, 6.07) is 23.4. The van der Waals surface area contributed by atoms with Crippen LogP contribution in [0.3, 0.4) is 0 Å². The van der Waals surface area contributed by atoms with Crippen molar-refractivity contribution in [3.63, 3.8) is 0 Å². The van der Waals surface area contributed by atoms with Gasteiger partial charge in [0.15, 0.2) is 0 Å². The Labute approximate surface area is 160 Å². The fourth-order valence-electron chi connectivity index (χ4n) is 3.52. The van der Waals surface area contributed by atoms with Crippen molar-refractivity contribution in [3.05, 3.63) is 95.3 Å². The highest BCUT2D eigenvalue weighted by Crippen LogP contribution is 2.35. The second-order valence-electron chi connectivity index (χ2n) is 6.99. The predicted octanol–water partition coefficient (Wildman–Crippen LogP) is 6.12. The molecule has 0 bridgehead atoms. The van der Waals surface area contributed by atoms with E-state index in [0.29, 0.717) is 0 Å². The molecule has 1 heterocycles. The Morgan fingerprint density at radius 3 is 2.41 bits per heavy atom. The summed E-state index contributed by atoms with van der Waals surface area (Å²) < 4.78 is 5.67. The number of ether oxygens (including phenoxy) is 1. The van der Waals surface area contributed by atoms with E-state index in [1.165, 1.54) is 22.1 Å². The smallest absolute Gasteiger partial charge is 0.127 e. The lowest BCUT2D eigenvalue weighted by Crippen LogP contribution is -1.96. The number of hydrogen-bond donors (Lipinski definition) is 0. The largest absolute Gasteiger partial charge is 0.496 e. The van der Waals surface area contributed by atoms with Crippen LogP contribution in [0.2, 0.25) is 0 Å². The van der Waals surface area contributed by atoms with Gasteiger partial charge in [-0.3, -0.25) is 4.98 Å². The van der Waals surface area contributed by atoms with Gasteiger partial charge in [0.2, 0.25) is 0 Å². The van der Waals surface area contributed by atoms with E-state index in [-0.39, 0.29) is 0 Å². The molecule has 0 fully saturated rings. The van der Waals surface area contributed by atoms with E-state index in [2.05, 4.69) is 74.5 Å². The molecule has 0 saturated carbocycles. The Bertz CT molecular complexity index is 1100. The van der Waals surface area contributed by atoms with Crippen molar-refractivity contribution in [1.82, 2.24) is 4.98 Å². The Morgan fingerprint density at radius 2 is 1.67 bits per heavy atom. The molecule has 27 heavy (non-hydrogen) atoms. The maximum Gasteiger partial charge on any atom is 0.127 e. The molecule has 0 amide bonds. The molecule has 0 N–H and O–H groups in total. The van der Waals surface area contributed by atoms with Crippen molar-refractivity contribution in [2.45, 2.75) is 20.3 Å². The second kappa shape index (κ2) is 7.24. The molecule has 0 radical (unpaired) electrons. The number of benzene rings is 3. The van der Waals surface area contributed by atoms with Gasteiger partial charge in [0.25, 0.3) is 0 Å². The van der Waals surface area contributed by atoms with Crippen LogP contribution in [-0.4, -0.2) is 12.1 Å². The zero-order valence-electron chi connectivity index (χ0n) is 16.0. The average Bonchev–Trinajstić information content (AvgIpc) is 2.70. The molecule has 0 atom stereocenters. The Hall–Kier alpha value is -3.13. The van der Waals surface area contributed by atoms with Crippen LogP contribution in [0.15, 0.2) is 72.9 Å². The summed E-state index contributed by atoms with van der Waals surface area (Å²) in [4.78, 5) is 4.70. The normalized spacial score (nSPS) is 10.9. The summed E-state index contributed by atoms with van der Waals surface area (Å²) in [5, 5.41) is 2.33. The predicted molar refractivity (Wildman–Crippen MR) is 112 cm³/mol. The second-order valence-corrected chi connectivity index (χ2v) is 6.99. The number of nitrogens with zero attached hydrogens (tertiary/aromatic N) is 1. The maximum atomic E-state index is 5.67. The molecule has 0 saturated heterocycles. The lowest BCUT2D eigenvalue weighted by Gasteiger charge is -2.13. The summed E-state index contributed by atoms with van der Waals surface area (Å²) in [5.74, 6) is 0.886. The van der Waals surface area contributed by atoms with Crippen molar-refractivity contribution in [3.8, 4) is 16.9 Å². The van der Waals surface area contributed by atoms with E-state index in [4.69, 9.17) is 9.72 Å². The van der Waals surface area contributed by atoms with Gasteiger partial charge < -0.3 is 4.74 Å². The lowest BCUT2D eigenvalue weighted by molar-refractivity contribution is 0.417. The van der Waals surface area contributed by atoms with Crippen LogP contribution in [0, 0.1) is 13.8 Å². The van der Waals surface area contributed by atoms with E-state index in [9.17, 15) is 0 Å². The number of fused-ring (bicyclic) bond motifs is 1. The summed E-state index contributed by atoms with van der Waals surface area (Å²) in [5.41, 5.74) is 7.27. The number of hydrogen-bond acceptors (Lipinski definition) is 2. The molecule has 0 aliphatic carbocycles. The van der Waals surface area contributed by atoms with Crippen molar-refractivity contribution >= 4 is 10.8 Å². The van der Waals surface area contributed by atoms with Crippen molar-refractivity contribution in [2.75, 3.05) is 7.11 Å². The van der Waals surface area contributed by atoms with E-state index >= 15 is 0 Å². The standard InChI is InChI=1S/C25H23NO/c1-17-9-10-19(13-18(17)2)14-24-22-16-23(20-7-5-4-6-8-20)25(27-3)15-21(22)11-12-26-24/h4-13,15-16H,14H2,1-3H3. The highest BCUT2D eigenvalue weighted by molar-refractivity contribution is 5.92. The fraction of sp³-hybridized carbons (Fsp3) is 0.160. The molecule has 4 rings (SSSR count). The molecule has 2 nitrogen and oxygen atoms in total. The first-order valence-corrected chi connectivity index (χ1v) is 9.23. The zero-order valence-corrected chi connectivity index (χ0v) is 16.0. The Morgan fingerprint density at radius 1 is 0.852 bits per heavy atom. The number of methoxy groups -OCH3 is 1. The first-order valence-electron chi connectivity index (χ1n) is 9.23. The highest BCUT2D eigenvalue weighted by atomic mass is 16.5. The van der Waals surface area contributed by atoms with Crippen LogP contribution < -0.4 is 4.74 Å². The summed E-state index contributed by atoms with van der Waals surface area (Å²) >= 11 is 0. The van der Waals surface area contributed by atoms with E-state index in [0.717, 1.165) is 34.4 Å². The lowest BCUT2D eigenvalue weighted by atomic mass is 9.96. The quantitative estimate of drug-likeness (QED) is 0.441. The number of pyridine rings is 1. The molecule has 134 valence electrons. The zero-order chi connectivity index (χ0) is 18.8. The van der Waals surface area contributed by atoms with Crippen molar-refractivity contribution in [1.29, 1.82) is 0 Å². The van der Waals surface area contributed by atoms with Gasteiger partial charge in [-0.2, -0.15) is 0 Å². The van der Waals surface area contributed by atoms with Gasteiger partial charge in [0, 0.05) is 23.6 Å². The van der Waals surface area contributed by atoms with Crippen LogP contribution in [0.1, 0.15) is 22.4 Å². The molecule has 1 aromatic heterocycles. The number of rotatable bonds is 4. The van der Waals surface area contributed by atoms with E-state index < -0.39 is 0 Å². The third kappa shape index (κ3) is 3.43. The van der Waals surface area contributed by atoms with Gasteiger partial charge in [-0.05, 0) is 59.7 Å². The van der Waals surface area contributed by atoms with Gasteiger partial charge >= 0.3 is 0 Å². The van der Waals surface area contributed by atoms with Crippen LogP contribution in [-0.2, 0) is 6.42 Å². The summed E-state index contributed by atoms with van der Waals surface area (Å²) in [7, 11) is 1.73. The number of aromatic nitrogens is 1. The third-order valence-electron chi connectivity index (χ3n) is 5.19. The molecular weight excluding hydrogens is 330 g/mol. The Kier molecular flexibility index (Phi) is 4.64. The molecule has 0 unspecified atom stereocenters. The van der Waals surface area contributed by atoms with Gasteiger partial charge in [0.1, 0.15) is 5.75 Å². The van der Waals surface area contributed by atoms with Gasteiger partial charge in [-0.15, -0.1) is 0 Å². The molecule has 0 aliphatic rings. The van der Waals surface area contributed by atoms with Crippen molar-refractivity contribution in [2.24, 2.45) is 0 Å². The summed E-state index contributed by atoms with van der Waals surface area (Å²) in [6.45, 7) is 4.31. The average molecular weight is 353 g/mol. The maximum absolute atomic E-state index is 5.67. The highest BCUT2D eigenvalue weighted by Gasteiger charge is 2.11. The molecule has 0 aliphatic heterocycles. The van der Waals surface area contributed by atoms with Gasteiger partial charge in [-0.25, -0.2) is 0 Å². The molecule has 3 aromatic carbocycles. The van der Waals surface area contributed by atoms with Crippen LogP contribution in [0.5, 0.6) is 5.75 Å². The summed E-state index contributed by atoms with van der Waals surface area (Å²) in [6.07, 6.45) is 2.71. The number of aryl methyl sites for hydroxylation is 2. The minimum absolute atomic E-state index is 0.818. The fourth-order valence-corrected chi connectivity index (χ4v) is 3.52. The molecule has 0 spiro atoms. The van der Waals surface area contributed by atoms with E-state index in [1.807, 2.05) is 12.3 Å². The minimum atomic E-state index is 0.818. The first-order chi connectivity index (χ1) is 13.2. The molecule has 4 aromatic rings. The van der Waals surface area contributed by atoms with Gasteiger partial charge in [-0.1, -0.05) is 48.5 Å². The van der Waals surface area contributed by atoms with Crippen LogP contribution >= 0.6 is 0 Å². The monoisotopic (exact) mass is 353 g/mol. The SMILES string of the molecule is COc1cc2ccnc(Cc3ccc(C)c(C)c3)c2cc1-c1ccccc1. The first kappa shape index (κ1) is 17.3.